The highest BCUT2D eigenvalue weighted by molar-refractivity contribution is 7.92. The molecule has 33 heavy (non-hydrogen) atoms. The van der Waals surface area contributed by atoms with Crippen LogP contribution in [0.25, 0.3) is 0 Å². The number of ether oxygens (including phenoxy) is 1. The fourth-order valence-electron chi connectivity index (χ4n) is 3.27. The van der Waals surface area contributed by atoms with Gasteiger partial charge in [0.1, 0.15) is 11.4 Å². The number of sulfonamides is 1. The zero-order valence-electron chi connectivity index (χ0n) is 19.2. The lowest BCUT2D eigenvalue weighted by atomic mass is 10.2. The Morgan fingerprint density at radius 1 is 0.970 bits per heavy atom. The summed E-state index contributed by atoms with van der Waals surface area (Å²) in [5.41, 5.74) is 10.1. The van der Waals surface area contributed by atoms with Crippen molar-refractivity contribution < 1.29 is 13.2 Å². The quantitative estimate of drug-likeness (QED) is 0.312. The predicted molar refractivity (Wildman–Crippen MR) is 134 cm³/mol. The second-order valence-electron chi connectivity index (χ2n) is 7.42. The molecule has 0 aliphatic rings. The molecule has 9 heteroatoms. The molecule has 0 unspecified atom stereocenters. The van der Waals surface area contributed by atoms with E-state index in [4.69, 9.17) is 10.5 Å². The minimum absolute atomic E-state index is 0.203. The molecule has 0 saturated heterocycles. The average molecular weight is 468 g/mol. The molecule has 0 aliphatic carbocycles. The number of aryl methyl sites for hydroxylation is 1. The van der Waals surface area contributed by atoms with Crippen molar-refractivity contribution in [2.75, 3.05) is 35.6 Å². The highest BCUT2D eigenvalue weighted by Crippen LogP contribution is 2.37. The fourth-order valence-corrected chi connectivity index (χ4v) is 4.33. The average Bonchev–Trinajstić information content (AvgIpc) is 2.80. The van der Waals surface area contributed by atoms with Crippen LogP contribution in [0.3, 0.4) is 0 Å². The molecule has 0 heterocycles. The molecule has 3 rings (SSSR count). The number of nitrogens with one attached hydrogen (secondary N) is 1. The van der Waals surface area contributed by atoms with E-state index in [0.717, 1.165) is 24.3 Å². The van der Waals surface area contributed by atoms with Gasteiger partial charge >= 0.3 is 0 Å². The van der Waals surface area contributed by atoms with Crippen LogP contribution in [0.1, 0.15) is 19.4 Å². The van der Waals surface area contributed by atoms with Gasteiger partial charge in [-0.05, 0) is 63.2 Å². The van der Waals surface area contributed by atoms with Gasteiger partial charge in [-0.2, -0.15) is 5.11 Å². The summed E-state index contributed by atoms with van der Waals surface area (Å²) in [6.45, 7) is 7.69. The number of nitrogens with two attached hydrogens (primary N) is 1. The monoisotopic (exact) mass is 467 g/mol. The normalized spacial score (nSPS) is 11.5. The van der Waals surface area contributed by atoms with Gasteiger partial charge in [0.15, 0.2) is 0 Å². The van der Waals surface area contributed by atoms with E-state index in [2.05, 4.69) is 33.7 Å². The van der Waals surface area contributed by atoms with Gasteiger partial charge in [-0.3, -0.25) is 4.72 Å². The second kappa shape index (κ2) is 10.4. The Labute approximate surface area is 195 Å². The van der Waals surface area contributed by atoms with E-state index in [1.807, 2.05) is 13.0 Å². The number of anilines is 3. The molecule has 0 spiro atoms. The van der Waals surface area contributed by atoms with Crippen LogP contribution < -0.4 is 20.1 Å². The van der Waals surface area contributed by atoms with E-state index < -0.39 is 10.0 Å². The third-order valence-electron chi connectivity index (χ3n) is 5.16. The molecule has 0 aromatic heterocycles. The van der Waals surface area contributed by atoms with Crippen LogP contribution in [0.4, 0.5) is 28.4 Å². The van der Waals surface area contributed by atoms with Crippen molar-refractivity contribution in [1.29, 1.82) is 0 Å². The maximum atomic E-state index is 12.5. The van der Waals surface area contributed by atoms with Gasteiger partial charge in [-0.1, -0.05) is 17.7 Å². The zero-order chi connectivity index (χ0) is 24.0. The third kappa shape index (κ3) is 5.81. The minimum Gasteiger partial charge on any atom is -0.494 e. The summed E-state index contributed by atoms with van der Waals surface area (Å²) >= 11 is 0. The first-order valence-corrected chi connectivity index (χ1v) is 12.1. The highest BCUT2D eigenvalue weighted by atomic mass is 32.2. The lowest BCUT2D eigenvalue weighted by Crippen LogP contribution is -2.22. The SMILES string of the molecule is CCN(CC)c1cc(N)c(N=Nc2ccc(NS(=O)(=O)c3ccc(C)cc3)cc2)cc1OC. The maximum absolute atomic E-state index is 12.5. The van der Waals surface area contributed by atoms with E-state index in [0.29, 0.717) is 28.5 Å². The minimum atomic E-state index is -3.67. The summed E-state index contributed by atoms with van der Waals surface area (Å²) in [4.78, 5) is 2.35. The Morgan fingerprint density at radius 3 is 2.18 bits per heavy atom. The molecule has 174 valence electrons. The fraction of sp³-hybridized carbons (Fsp3) is 0.250. The smallest absolute Gasteiger partial charge is 0.261 e. The first-order chi connectivity index (χ1) is 15.8. The van der Waals surface area contributed by atoms with Gasteiger partial charge in [0.05, 0.1) is 29.1 Å². The maximum Gasteiger partial charge on any atom is 0.261 e. The Morgan fingerprint density at radius 2 is 1.61 bits per heavy atom. The van der Waals surface area contributed by atoms with Gasteiger partial charge in [-0.15, -0.1) is 5.11 Å². The Balaban J connectivity index is 1.77. The van der Waals surface area contributed by atoms with Crippen molar-refractivity contribution in [2.45, 2.75) is 25.7 Å². The molecular formula is C24H29N5O3S. The zero-order valence-corrected chi connectivity index (χ0v) is 20.1. The third-order valence-corrected chi connectivity index (χ3v) is 6.55. The summed E-state index contributed by atoms with van der Waals surface area (Å²) in [5.74, 6) is 0.669. The van der Waals surface area contributed by atoms with Crippen LogP contribution in [-0.2, 0) is 10.0 Å². The van der Waals surface area contributed by atoms with Crippen LogP contribution in [-0.4, -0.2) is 28.6 Å². The van der Waals surface area contributed by atoms with Gasteiger partial charge < -0.3 is 15.4 Å². The summed E-state index contributed by atoms with van der Waals surface area (Å²) in [5, 5.41) is 8.49. The summed E-state index contributed by atoms with van der Waals surface area (Å²) in [7, 11) is -2.06. The molecule has 0 amide bonds. The number of methoxy groups -OCH3 is 1. The van der Waals surface area contributed by atoms with Crippen LogP contribution in [0.15, 0.2) is 75.8 Å². The molecule has 0 radical (unpaired) electrons. The first-order valence-electron chi connectivity index (χ1n) is 10.6. The van der Waals surface area contributed by atoms with Crippen LogP contribution >= 0.6 is 0 Å². The molecule has 3 aromatic rings. The van der Waals surface area contributed by atoms with Crippen molar-refractivity contribution in [2.24, 2.45) is 10.2 Å². The largest absolute Gasteiger partial charge is 0.494 e. The van der Waals surface area contributed by atoms with Gasteiger partial charge in [0.2, 0.25) is 0 Å². The summed E-state index contributed by atoms with van der Waals surface area (Å²) < 4.78 is 33.2. The van der Waals surface area contributed by atoms with Crippen molar-refractivity contribution in [3.05, 3.63) is 66.2 Å². The molecule has 0 atom stereocenters. The van der Waals surface area contributed by atoms with E-state index in [1.165, 1.54) is 0 Å². The Bertz CT molecular complexity index is 1220. The van der Waals surface area contributed by atoms with Crippen molar-refractivity contribution in [1.82, 2.24) is 0 Å². The highest BCUT2D eigenvalue weighted by Gasteiger charge is 2.14. The van der Waals surface area contributed by atoms with Gasteiger partial charge in [0, 0.05) is 24.8 Å². The Kier molecular flexibility index (Phi) is 7.55. The number of nitrogens with zero attached hydrogens (tertiary/aromatic N) is 3. The molecule has 0 aliphatic heterocycles. The number of azo groups is 1. The molecule has 3 aromatic carbocycles. The van der Waals surface area contributed by atoms with Crippen molar-refractivity contribution >= 4 is 38.5 Å². The van der Waals surface area contributed by atoms with E-state index in [9.17, 15) is 8.42 Å². The molecule has 3 N–H and O–H groups in total. The van der Waals surface area contributed by atoms with Crippen LogP contribution in [0.2, 0.25) is 0 Å². The first kappa shape index (κ1) is 24.1. The van der Waals surface area contributed by atoms with Gasteiger partial charge in [-0.25, -0.2) is 8.42 Å². The standard InChI is InChI=1S/C24H29N5O3S/c1-5-29(6-2)23-15-21(25)22(16-24(23)32-4)27-26-18-9-11-19(12-10-18)28-33(30,31)20-13-7-17(3)8-14-20/h7-16,28H,5-6,25H2,1-4H3. The molecule has 0 fully saturated rings. The number of hydrogen-bond acceptors (Lipinski definition) is 7. The lowest BCUT2D eigenvalue weighted by Gasteiger charge is -2.24. The van der Waals surface area contributed by atoms with Crippen molar-refractivity contribution in [3.63, 3.8) is 0 Å². The number of hydrogen-bond donors (Lipinski definition) is 2. The molecule has 0 bridgehead atoms. The molecule has 8 nitrogen and oxygen atoms in total. The van der Waals surface area contributed by atoms with Crippen LogP contribution in [0.5, 0.6) is 5.75 Å². The van der Waals surface area contributed by atoms with E-state index in [-0.39, 0.29) is 4.90 Å². The summed E-state index contributed by atoms with van der Waals surface area (Å²) in [6, 6.07) is 16.9. The number of benzene rings is 3. The van der Waals surface area contributed by atoms with Crippen molar-refractivity contribution in [3.8, 4) is 5.75 Å². The van der Waals surface area contributed by atoms with E-state index >= 15 is 0 Å². The topological polar surface area (TPSA) is 109 Å². The predicted octanol–water partition coefficient (Wildman–Crippen LogP) is 5.65. The summed E-state index contributed by atoms with van der Waals surface area (Å²) in [6.07, 6.45) is 0. The van der Waals surface area contributed by atoms with E-state index in [1.54, 1.807) is 61.7 Å². The Hall–Kier alpha value is -3.59. The second-order valence-corrected chi connectivity index (χ2v) is 9.10. The molecular weight excluding hydrogens is 438 g/mol. The van der Waals surface area contributed by atoms with Gasteiger partial charge in [0.25, 0.3) is 10.0 Å². The number of rotatable bonds is 9. The lowest BCUT2D eigenvalue weighted by molar-refractivity contribution is 0.414. The molecule has 0 saturated carbocycles. The van der Waals surface area contributed by atoms with Crippen LogP contribution in [0, 0.1) is 6.92 Å². The number of nitrogen functional groups attached to an aromatic ring is 1.